The van der Waals surface area contributed by atoms with Crippen LogP contribution in [0.2, 0.25) is 0 Å². The normalized spacial score (nSPS) is 11.2. The maximum absolute atomic E-state index is 5.54. The number of hydrogen-bond donors (Lipinski definition) is 1. The molecule has 0 rings (SSSR count). The molecule has 0 spiro atoms. The Morgan fingerprint density at radius 1 is 0.500 bits per heavy atom. The van der Waals surface area contributed by atoms with Crippen molar-refractivity contribution in [2.75, 3.05) is 19.9 Å². The predicted octanol–water partition coefficient (Wildman–Crippen LogP) is 7.22. The lowest BCUT2D eigenvalue weighted by Crippen LogP contribution is -2.18. The summed E-state index contributed by atoms with van der Waals surface area (Å²) >= 11 is 0. The van der Waals surface area contributed by atoms with Crippen LogP contribution in [0.25, 0.3) is 0 Å². The molecule has 0 radical (unpaired) electrons. The number of ether oxygens (including phenoxy) is 1. The molecule has 0 saturated heterocycles. The lowest BCUT2D eigenvalue weighted by atomic mass is 10.0. The van der Waals surface area contributed by atoms with E-state index in [4.69, 9.17) is 4.74 Å². The average molecular weight is 342 g/mol. The lowest BCUT2D eigenvalue weighted by Gasteiger charge is -2.05. The summed E-state index contributed by atoms with van der Waals surface area (Å²) in [5.74, 6) is 0. The van der Waals surface area contributed by atoms with E-state index in [1.54, 1.807) is 0 Å². The summed E-state index contributed by atoms with van der Waals surface area (Å²) < 4.78 is 5.54. The van der Waals surface area contributed by atoms with Crippen molar-refractivity contribution in [2.45, 2.75) is 123 Å². The molecule has 0 fully saturated rings. The van der Waals surface area contributed by atoms with E-state index in [2.05, 4.69) is 19.2 Å². The van der Waals surface area contributed by atoms with Crippen molar-refractivity contribution >= 4 is 0 Å². The fourth-order valence-corrected chi connectivity index (χ4v) is 3.15. The Labute approximate surface area is 153 Å². The van der Waals surface area contributed by atoms with E-state index in [1.165, 1.54) is 109 Å². The summed E-state index contributed by atoms with van der Waals surface area (Å²) in [5.41, 5.74) is 0. The zero-order chi connectivity index (χ0) is 17.6. The number of unbranched alkanes of at least 4 members (excludes halogenated alkanes) is 15. The van der Waals surface area contributed by atoms with Gasteiger partial charge in [-0.05, 0) is 19.4 Å². The molecule has 0 saturated carbocycles. The van der Waals surface area contributed by atoms with Crippen LogP contribution in [0.1, 0.15) is 123 Å². The van der Waals surface area contributed by atoms with Crippen LogP contribution in [0.15, 0.2) is 0 Å². The molecule has 0 aliphatic heterocycles. The molecule has 0 amide bonds. The van der Waals surface area contributed by atoms with Crippen molar-refractivity contribution in [3.8, 4) is 0 Å². The summed E-state index contributed by atoms with van der Waals surface area (Å²) in [6, 6.07) is 0. The van der Waals surface area contributed by atoms with E-state index in [0.29, 0.717) is 0 Å². The zero-order valence-electron chi connectivity index (χ0n) is 17.1. The molecule has 24 heavy (non-hydrogen) atoms. The molecule has 0 aliphatic rings. The first kappa shape index (κ1) is 23.9. The van der Waals surface area contributed by atoms with Gasteiger partial charge in [-0.15, -0.1) is 0 Å². The van der Waals surface area contributed by atoms with Crippen molar-refractivity contribution in [2.24, 2.45) is 0 Å². The van der Waals surface area contributed by atoms with Crippen LogP contribution in [0.4, 0.5) is 0 Å². The first-order chi connectivity index (χ1) is 11.9. The third-order valence-corrected chi connectivity index (χ3v) is 4.77. The molecule has 0 aliphatic carbocycles. The van der Waals surface area contributed by atoms with Gasteiger partial charge in [-0.3, -0.25) is 5.32 Å². The van der Waals surface area contributed by atoms with Gasteiger partial charge in [-0.2, -0.15) is 0 Å². The van der Waals surface area contributed by atoms with Crippen molar-refractivity contribution in [3.63, 3.8) is 0 Å². The molecule has 0 unspecified atom stereocenters. The highest BCUT2D eigenvalue weighted by Gasteiger charge is 1.95. The van der Waals surface area contributed by atoms with Crippen LogP contribution in [0, 0.1) is 0 Å². The molecule has 0 aromatic rings. The number of hydrogen-bond acceptors (Lipinski definition) is 2. The third kappa shape index (κ3) is 21.9. The lowest BCUT2D eigenvalue weighted by molar-refractivity contribution is 0.113. The van der Waals surface area contributed by atoms with Gasteiger partial charge in [-0.1, -0.05) is 110 Å². The Morgan fingerprint density at radius 3 is 1.33 bits per heavy atom. The fraction of sp³-hybridized carbons (Fsp3) is 1.00. The van der Waals surface area contributed by atoms with Crippen LogP contribution in [-0.2, 0) is 4.74 Å². The molecule has 2 nitrogen and oxygen atoms in total. The van der Waals surface area contributed by atoms with Gasteiger partial charge in [0.1, 0.15) is 0 Å². The monoisotopic (exact) mass is 341 g/mol. The molecule has 0 bridgehead atoms. The minimum Gasteiger partial charge on any atom is -0.366 e. The van der Waals surface area contributed by atoms with E-state index in [-0.39, 0.29) is 0 Å². The standard InChI is InChI=1S/C22H47NO/c1-3-5-6-7-8-9-10-11-12-13-14-15-16-17-18-19-21-24-22-23-20-4-2/h23H,3-22H2,1-2H3. The Kier molecular flexibility index (Phi) is 22.8. The summed E-state index contributed by atoms with van der Waals surface area (Å²) in [6.45, 7) is 7.20. The van der Waals surface area contributed by atoms with E-state index in [1.807, 2.05) is 0 Å². The highest BCUT2D eigenvalue weighted by Crippen LogP contribution is 2.13. The van der Waals surface area contributed by atoms with Gasteiger partial charge >= 0.3 is 0 Å². The van der Waals surface area contributed by atoms with Gasteiger partial charge in [0.05, 0.1) is 6.73 Å². The van der Waals surface area contributed by atoms with E-state index < -0.39 is 0 Å². The van der Waals surface area contributed by atoms with Crippen LogP contribution in [0.3, 0.4) is 0 Å². The van der Waals surface area contributed by atoms with E-state index in [0.717, 1.165) is 19.9 Å². The fourth-order valence-electron chi connectivity index (χ4n) is 3.15. The van der Waals surface area contributed by atoms with Crippen LogP contribution in [0.5, 0.6) is 0 Å². The van der Waals surface area contributed by atoms with Crippen molar-refractivity contribution in [1.29, 1.82) is 0 Å². The first-order valence-electron chi connectivity index (χ1n) is 11.2. The van der Waals surface area contributed by atoms with Crippen molar-refractivity contribution in [1.82, 2.24) is 5.32 Å². The molecule has 0 heterocycles. The minimum absolute atomic E-state index is 0.729. The van der Waals surface area contributed by atoms with Crippen LogP contribution >= 0.6 is 0 Å². The summed E-state index contributed by atoms with van der Waals surface area (Å²) in [5, 5.41) is 3.27. The van der Waals surface area contributed by atoms with Gasteiger partial charge in [0.15, 0.2) is 0 Å². The van der Waals surface area contributed by atoms with Gasteiger partial charge in [0.25, 0.3) is 0 Å². The molecule has 0 atom stereocenters. The van der Waals surface area contributed by atoms with E-state index in [9.17, 15) is 0 Å². The third-order valence-electron chi connectivity index (χ3n) is 4.77. The summed E-state index contributed by atoms with van der Waals surface area (Å²) in [4.78, 5) is 0. The number of nitrogens with one attached hydrogen (secondary N) is 1. The molecule has 2 heteroatoms. The maximum atomic E-state index is 5.54. The summed E-state index contributed by atoms with van der Waals surface area (Å²) in [6.07, 6.45) is 24.0. The number of rotatable bonds is 21. The second-order valence-corrected chi connectivity index (χ2v) is 7.36. The Morgan fingerprint density at radius 2 is 0.917 bits per heavy atom. The molecule has 0 aromatic carbocycles. The SMILES string of the molecule is CCCCCCCCCCCCCCCCCCOCNCCC. The van der Waals surface area contributed by atoms with Gasteiger partial charge in [0.2, 0.25) is 0 Å². The molecular formula is C22H47NO. The quantitative estimate of drug-likeness (QED) is 0.176. The first-order valence-corrected chi connectivity index (χ1v) is 11.2. The second kappa shape index (κ2) is 22.9. The molecular weight excluding hydrogens is 294 g/mol. The van der Waals surface area contributed by atoms with Gasteiger partial charge in [-0.25, -0.2) is 0 Å². The second-order valence-electron chi connectivity index (χ2n) is 7.36. The Balaban J connectivity index is 2.93. The molecule has 1 N–H and O–H groups in total. The molecule has 146 valence electrons. The topological polar surface area (TPSA) is 21.3 Å². The zero-order valence-corrected chi connectivity index (χ0v) is 17.1. The van der Waals surface area contributed by atoms with Crippen molar-refractivity contribution < 1.29 is 4.74 Å². The molecule has 0 aromatic heterocycles. The van der Waals surface area contributed by atoms with Crippen LogP contribution < -0.4 is 5.32 Å². The largest absolute Gasteiger partial charge is 0.366 e. The predicted molar refractivity (Wildman–Crippen MR) is 109 cm³/mol. The average Bonchev–Trinajstić information content (AvgIpc) is 2.60. The Hall–Kier alpha value is -0.0800. The summed E-state index contributed by atoms with van der Waals surface area (Å²) in [7, 11) is 0. The highest BCUT2D eigenvalue weighted by molar-refractivity contribution is 4.50. The smallest absolute Gasteiger partial charge is 0.0965 e. The Bertz CT molecular complexity index is 186. The van der Waals surface area contributed by atoms with Gasteiger partial charge in [0, 0.05) is 6.61 Å². The van der Waals surface area contributed by atoms with E-state index >= 15 is 0 Å². The van der Waals surface area contributed by atoms with Crippen molar-refractivity contribution in [3.05, 3.63) is 0 Å². The maximum Gasteiger partial charge on any atom is 0.0965 e. The van der Waals surface area contributed by atoms with Crippen LogP contribution in [-0.4, -0.2) is 19.9 Å². The van der Waals surface area contributed by atoms with Gasteiger partial charge < -0.3 is 4.74 Å². The highest BCUT2D eigenvalue weighted by atomic mass is 16.5. The minimum atomic E-state index is 0.729.